The average molecular weight is 431 g/mol. The molecule has 0 bridgehead atoms. The lowest BCUT2D eigenvalue weighted by Crippen LogP contribution is -2.46. The van der Waals surface area contributed by atoms with Gasteiger partial charge in [0, 0.05) is 7.05 Å². The normalized spacial score (nSPS) is 15.9. The highest BCUT2D eigenvalue weighted by Gasteiger charge is 2.34. The Balaban J connectivity index is 2.08. The van der Waals surface area contributed by atoms with Crippen molar-refractivity contribution in [2.45, 2.75) is 71.1 Å². The van der Waals surface area contributed by atoms with Gasteiger partial charge in [0.05, 0.1) is 0 Å². The van der Waals surface area contributed by atoms with E-state index in [0.29, 0.717) is 17.9 Å². The molecule has 0 spiro atoms. The number of nitrogens with zero attached hydrogens (tertiary/aromatic N) is 2. The highest BCUT2D eigenvalue weighted by molar-refractivity contribution is 6.32. The van der Waals surface area contributed by atoms with Crippen LogP contribution < -0.4 is 0 Å². The molecule has 0 aliphatic heterocycles. The molecule has 1 fully saturated rings. The minimum Gasteiger partial charge on any atom is -0.459 e. The van der Waals surface area contributed by atoms with Gasteiger partial charge in [-0.05, 0) is 50.8 Å². The van der Waals surface area contributed by atoms with Gasteiger partial charge >= 0.3 is 12.1 Å². The Morgan fingerprint density at radius 1 is 1.21 bits per heavy atom. The summed E-state index contributed by atoms with van der Waals surface area (Å²) >= 11 is 11.8. The molecule has 1 amide bonds. The van der Waals surface area contributed by atoms with E-state index in [2.05, 4.69) is 4.98 Å². The molecule has 1 atom stereocenters. The standard InChI is InChI=1S/C20H28Cl2N2O4/c1-20(2,3)28-19(26)24(4)15(9-13-7-5-6-8-13)18(25)27-12-14-10-16(21)23-17(22)11-14/h10-11,13,15H,5-9,12H2,1-4H3/t15-/m0/s1. The predicted molar refractivity (Wildman–Crippen MR) is 108 cm³/mol. The third kappa shape index (κ3) is 7.13. The summed E-state index contributed by atoms with van der Waals surface area (Å²) in [4.78, 5) is 30.5. The van der Waals surface area contributed by atoms with Crippen molar-refractivity contribution in [1.82, 2.24) is 9.88 Å². The number of likely N-dealkylation sites (N-methyl/N-ethyl adjacent to an activating group) is 1. The van der Waals surface area contributed by atoms with Gasteiger partial charge < -0.3 is 9.47 Å². The molecule has 1 aromatic heterocycles. The van der Waals surface area contributed by atoms with E-state index in [0.717, 1.165) is 25.7 Å². The Morgan fingerprint density at radius 2 is 1.79 bits per heavy atom. The maximum atomic E-state index is 12.8. The summed E-state index contributed by atoms with van der Waals surface area (Å²) in [5.41, 5.74) is -0.00424. The van der Waals surface area contributed by atoms with E-state index in [1.165, 1.54) is 4.90 Å². The SMILES string of the molecule is CN(C(=O)OC(C)(C)C)[C@@H](CC1CCCC1)C(=O)OCc1cc(Cl)nc(Cl)c1. The zero-order valence-electron chi connectivity index (χ0n) is 16.8. The molecule has 0 radical (unpaired) electrons. The van der Waals surface area contributed by atoms with Crippen LogP contribution in [0.25, 0.3) is 0 Å². The maximum absolute atomic E-state index is 12.8. The summed E-state index contributed by atoms with van der Waals surface area (Å²) in [6, 6.07) is 2.47. The second kappa shape index (κ2) is 9.79. The number of amides is 1. The third-order valence-corrected chi connectivity index (χ3v) is 5.04. The fourth-order valence-corrected chi connectivity index (χ4v) is 3.79. The fourth-order valence-electron chi connectivity index (χ4n) is 3.28. The first-order chi connectivity index (χ1) is 13.0. The van der Waals surface area contributed by atoms with E-state index >= 15 is 0 Å². The lowest BCUT2D eigenvalue weighted by atomic mass is 9.97. The average Bonchev–Trinajstić information content (AvgIpc) is 3.07. The fraction of sp³-hybridized carbons (Fsp3) is 0.650. The predicted octanol–water partition coefficient (Wildman–Crippen LogP) is 5.25. The number of pyridine rings is 1. The van der Waals surface area contributed by atoms with Crippen LogP contribution in [0.1, 0.15) is 58.4 Å². The number of hydrogen-bond donors (Lipinski definition) is 0. The topological polar surface area (TPSA) is 68.7 Å². The van der Waals surface area contributed by atoms with Gasteiger partial charge in [-0.15, -0.1) is 0 Å². The molecule has 0 unspecified atom stereocenters. The molecular weight excluding hydrogens is 403 g/mol. The molecule has 156 valence electrons. The van der Waals surface area contributed by atoms with Gasteiger partial charge in [-0.1, -0.05) is 48.9 Å². The van der Waals surface area contributed by atoms with Crippen LogP contribution in [0.15, 0.2) is 12.1 Å². The van der Waals surface area contributed by atoms with E-state index in [1.807, 2.05) is 0 Å². The molecule has 2 rings (SSSR count). The van der Waals surface area contributed by atoms with Crippen LogP contribution in [-0.4, -0.2) is 40.6 Å². The molecule has 0 saturated heterocycles. The largest absolute Gasteiger partial charge is 0.459 e. The van der Waals surface area contributed by atoms with Crippen molar-refractivity contribution in [2.75, 3.05) is 7.05 Å². The zero-order valence-corrected chi connectivity index (χ0v) is 18.3. The number of aromatic nitrogens is 1. The number of esters is 1. The van der Waals surface area contributed by atoms with Crippen molar-refractivity contribution in [1.29, 1.82) is 0 Å². The van der Waals surface area contributed by atoms with Crippen molar-refractivity contribution in [3.05, 3.63) is 28.0 Å². The Hall–Kier alpha value is -1.53. The van der Waals surface area contributed by atoms with E-state index in [9.17, 15) is 9.59 Å². The van der Waals surface area contributed by atoms with Crippen molar-refractivity contribution >= 4 is 35.3 Å². The van der Waals surface area contributed by atoms with Crippen LogP contribution in [0.4, 0.5) is 4.79 Å². The number of carbonyl (C=O) groups excluding carboxylic acids is 2. The zero-order chi connectivity index (χ0) is 20.9. The summed E-state index contributed by atoms with van der Waals surface area (Å²) < 4.78 is 10.9. The quantitative estimate of drug-likeness (QED) is 0.455. The van der Waals surface area contributed by atoms with Gasteiger partial charge in [-0.25, -0.2) is 14.6 Å². The third-order valence-electron chi connectivity index (χ3n) is 4.66. The lowest BCUT2D eigenvalue weighted by molar-refractivity contribution is -0.151. The highest BCUT2D eigenvalue weighted by Crippen LogP contribution is 2.30. The molecule has 1 saturated carbocycles. The summed E-state index contributed by atoms with van der Waals surface area (Å²) in [5, 5.41) is 0.457. The molecule has 6 nitrogen and oxygen atoms in total. The van der Waals surface area contributed by atoms with Crippen LogP contribution in [0.3, 0.4) is 0 Å². The molecule has 1 aliphatic rings. The van der Waals surface area contributed by atoms with Crippen LogP contribution in [0.2, 0.25) is 10.3 Å². The van der Waals surface area contributed by atoms with Crippen molar-refractivity contribution in [2.24, 2.45) is 5.92 Å². The molecule has 1 aliphatic carbocycles. The smallest absolute Gasteiger partial charge is 0.410 e. The molecule has 0 aromatic carbocycles. The number of hydrogen-bond acceptors (Lipinski definition) is 5. The minimum atomic E-state index is -0.703. The number of carbonyl (C=O) groups is 2. The summed E-state index contributed by atoms with van der Waals surface area (Å²) in [7, 11) is 1.58. The van der Waals surface area contributed by atoms with Crippen molar-refractivity contribution in [3.8, 4) is 0 Å². The van der Waals surface area contributed by atoms with E-state index in [1.54, 1.807) is 40.0 Å². The van der Waals surface area contributed by atoms with Gasteiger partial charge in [0.25, 0.3) is 0 Å². The van der Waals surface area contributed by atoms with Gasteiger partial charge in [-0.2, -0.15) is 0 Å². The summed E-state index contributed by atoms with van der Waals surface area (Å²) in [6.45, 7) is 5.38. The Morgan fingerprint density at radius 3 is 2.32 bits per heavy atom. The van der Waals surface area contributed by atoms with Crippen LogP contribution in [0.5, 0.6) is 0 Å². The van der Waals surface area contributed by atoms with Gasteiger partial charge in [-0.3, -0.25) is 4.90 Å². The number of rotatable bonds is 6. The first kappa shape index (κ1) is 22.8. The summed E-state index contributed by atoms with van der Waals surface area (Å²) in [5.74, 6) is -0.0726. The Labute approximate surface area is 176 Å². The number of halogens is 2. The first-order valence-electron chi connectivity index (χ1n) is 9.49. The van der Waals surface area contributed by atoms with Gasteiger partial charge in [0.15, 0.2) is 0 Å². The first-order valence-corrected chi connectivity index (χ1v) is 10.2. The highest BCUT2D eigenvalue weighted by atomic mass is 35.5. The second-order valence-electron chi connectivity index (χ2n) is 8.22. The molecule has 8 heteroatoms. The Bertz CT molecular complexity index is 680. The molecule has 0 N–H and O–H groups in total. The molecule has 1 heterocycles. The van der Waals surface area contributed by atoms with Gasteiger partial charge in [0.2, 0.25) is 0 Å². The van der Waals surface area contributed by atoms with Crippen molar-refractivity contribution in [3.63, 3.8) is 0 Å². The second-order valence-corrected chi connectivity index (χ2v) is 9.00. The van der Waals surface area contributed by atoms with Crippen LogP contribution in [0, 0.1) is 5.92 Å². The van der Waals surface area contributed by atoms with E-state index < -0.39 is 23.7 Å². The monoisotopic (exact) mass is 430 g/mol. The number of ether oxygens (including phenoxy) is 2. The molecule has 1 aromatic rings. The summed E-state index contributed by atoms with van der Waals surface area (Å²) in [6.07, 6.45) is 4.44. The van der Waals surface area contributed by atoms with Crippen LogP contribution in [-0.2, 0) is 20.9 Å². The van der Waals surface area contributed by atoms with Crippen molar-refractivity contribution < 1.29 is 19.1 Å². The van der Waals surface area contributed by atoms with Crippen LogP contribution >= 0.6 is 23.2 Å². The molecule has 28 heavy (non-hydrogen) atoms. The van der Waals surface area contributed by atoms with E-state index in [4.69, 9.17) is 32.7 Å². The maximum Gasteiger partial charge on any atom is 0.410 e. The van der Waals surface area contributed by atoms with Gasteiger partial charge in [0.1, 0.15) is 28.6 Å². The molecular formula is C20H28Cl2N2O4. The minimum absolute atomic E-state index is 0.00409. The Kier molecular flexibility index (Phi) is 7.96. The lowest BCUT2D eigenvalue weighted by Gasteiger charge is -2.30. The van der Waals surface area contributed by atoms with E-state index in [-0.39, 0.29) is 16.9 Å².